The van der Waals surface area contributed by atoms with E-state index in [1.165, 1.54) is 36.4 Å². The Bertz CT molecular complexity index is 1080. The molecular weight excluding hydrogens is 454 g/mol. The molecule has 33 heavy (non-hydrogen) atoms. The van der Waals surface area contributed by atoms with E-state index in [4.69, 9.17) is 17.3 Å². The number of thioether (sulfide) groups is 1. The Hall–Kier alpha value is -2.32. The Balaban J connectivity index is 1.46. The normalized spacial score (nSPS) is 14.9. The molecule has 3 N–H and O–H groups in total. The lowest BCUT2D eigenvalue weighted by Gasteiger charge is -2.25. The highest BCUT2D eigenvalue weighted by Crippen LogP contribution is 2.28. The Morgan fingerprint density at radius 1 is 1.12 bits per heavy atom. The third-order valence-corrected chi connectivity index (χ3v) is 7.04. The summed E-state index contributed by atoms with van der Waals surface area (Å²) in [4.78, 5) is 7.03. The Morgan fingerprint density at radius 2 is 1.79 bits per heavy atom. The number of benzene rings is 2. The molecule has 4 rings (SSSR count). The lowest BCUT2D eigenvalue weighted by atomic mass is 9.94. The maximum atomic E-state index is 12.4. The highest BCUT2D eigenvalue weighted by Gasteiger charge is 2.19. The fourth-order valence-electron chi connectivity index (χ4n) is 3.77. The molecule has 0 atom stereocenters. The van der Waals surface area contributed by atoms with Gasteiger partial charge in [0.1, 0.15) is 5.02 Å². The van der Waals surface area contributed by atoms with E-state index in [1.807, 2.05) is 62.0 Å². The summed E-state index contributed by atoms with van der Waals surface area (Å²) in [7, 11) is 0. The Labute approximate surface area is 204 Å². The van der Waals surface area contributed by atoms with Gasteiger partial charge in [0.2, 0.25) is 0 Å². The molecule has 0 aliphatic carbocycles. The van der Waals surface area contributed by atoms with Crippen molar-refractivity contribution in [3.05, 3.63) is 76.1 Å². The van der Waals surface area contributed by atoms with Gasteiger partial charge >= 0.3 is 5.95 Å². The van der Waals surface area contributed by atoms with E-state index >= 15 is 0 Å². The molecule has 2 heterocycles. The lowest BCUT2D eigenvalue weighted by molar-refractivity contribution is -0.592. The minimum Gasteiger partial charge on any atom is -0.740 e. The molecule has 0 bridgehead atoms. The van der Waals surface area contributed by atoms with Gasteiger partial charge in [0.05, 0.1) is 11.9 Å². The SMILES string of the molecule is CC(C)(N)c1ccc(-c2nc(Nc3ccc(CCN4CCSCC4)cc3)[n+]([O-])cc2Cl)cc1. The molecule has 1 aromatic heterocycles. The van der Waals surface area contributed by atoms with Crippen LogP contribution in [0, 0.1) is 5.21 Å². The zero-order valence-electron chi connectivity index (χ0n) is 19.1. The molecule has 1 aliphatic heterocycles. The van der Waals surface area contributed by atoms with E-state index in [0.29, 0.717) is 15.4 Å². The average molecular weight is 484 g/mol. The third kappa shape index (κ3) is 6.18. The number of rotatable bonds is 7. The van der Waals surface area contributed by atoms with Gasteiger partial charge in [-0.3, -0.25) is 0 Å². The molecule has 1 saturated heterocycles. The molecule has 3 aromatic rings. The van der Waals surface area contributed by atoms with Crippen LogP contribution in [0.5, 0.6) is 0 Å². The van der Waals surface area contributed by atoms with Crippen molar-refractivity contribution in [3.8, 4) is 11.3 Å². The first-order chi connectivity index (χ1) is 15.8. The van der Waals surface area contributed by atoms with Crippen LogP contribution in [0.25, 0.3) is 11.3 Å². The molecule has 6 nitrogen and oxygen atoms in total. The largest absolute Gasteiger partial charge is 0.740 e. The standard InChI is InChI=1S/C25H30ClN5OS/c1-25(2,27)20-7-5-19(6-8-20)23-22(26)17-31(32)24(29-23)28-21-9-3-18(4-10-21)11-12-30-13-15-33-16-14-30/h3-10,17H,11-16,27H2,1-2H3,(H,28,29). The van der Waals surface area contributed by atoms with E-state index in [-0.39, 0.29) is 5.95 Å². The number of nitrogens with zero attached hydrogens (tertiary/aromatic N) is 3. The summed E-state index contributed by atoms with van der Waals surface area (Å²) in [5, 5.41) is 15.9. The van der Waals surface area contributed by atoms with Crippen molar-refractivity contribution in [3.63, 3.8) is 0 Å². The predicted octanol–water partition coefficient (Wildman–Crippen LogP) is 4.56. The maximum absolute atomic E-state index is 12.4. The van der Waals surface area contributed by atoms with Crippen LogP contribution in [0.15, 0.2) is 54.7 Å². The van der Waals surface area contributed by atoms with Crippen LogP contribution in [-0.4, -0.2) is 41.0 Å². The van der Waals surface area contributed by atoms with Crippen molar-refractivity contribution >= 4 is 35.0 Å². The second-order valence-corrected chi connectivity index (χ2v) is 10.5. The second-order valence-electron chi connectivity index (χ2n) is 8.91. The van der Waals surface area contributed by atoms with Crippen LogP contribution in [0.4, 0.5) is 11.6 Å². The Morgan fingerprint density at radius 3 is 2.42 bits per heavy atom. The smallest absolute Gasteiger partial charge is 0.397 e. The zero-order valence-corrected chi connectivity index (χ0v) is 20.6. The van der Waals surface area contributed by atoms with Gasteiger partial charge in [-0.15, -0.1) is 0 Å². The quantitative estimate of drug-likeness (QED) is 0.378. The number of hydrogen-bond donors (Lipinski definition) is 2. The molecule has 2 aromatic carbocycles. The van der Waals surface area contributed by atoms with Gasteiger partial charge in [-0.25, -0.2) is 10.0 Å². The predicted molar refractivity (Wildman–Crippen MR) is 138 cm³/mol. The number of hydrogen-bond acceptors (Lipinski definition) is 6. The van der Waals surface area contributed by atoms with E-state index in [0.717, 1.165) is 29.8 Å². The molecule has 0 radical (unpaired) electrons. The molecule has 1 aliphatic rings. The highest BCUT2D eigenvalue weighted by atomic mass is 35.5. The molecule has 0 unspecified atom stereocenters. The highest BCUT2D eigenvalue weighted by molar-refractivity contribution is 7.99. The number of halogens is 1. The van der Waals surface area contributed by atoms with E-state index in [1.54, 1.807) is 0 Å². The second kappa shape index (κ2) is 10.3. The first kappa shape index (κ1) is 23.8. The first-order valence-corrected chi connectivity index (χ1v) is 12.7. The van der Waals surface area contributed by atoms with Crippen LogP contribution in [0.1, 0.15) is 25.0 Å². The summed E-state index contributed by atoms with van der Waals surface area (Å²) in [5.41, 5.74) is 10.2. The molecular formula is C25H30ClN5OS. The van der Waals surface area contributed by atoms with Gasteiger partial charge < -0.3 is 15.8 Å². The molecule has 174 valence electrons. The molecule has 8 heteroatoms. The number of anilines is 2. The summed E-state index contributed by atoms with van der Waals surface area (Å²) in [6.45, 7) is 7.33. The van der Waals surface area contributed by atoms with Gasteiger partial charge in [-0.2, -0.15) is 11.8 Å². The molecule has 0 amide bonds. The summed E-state index contributed by atoms with van der Waals surface area (Å²) in [6, 6.07) is 15.9. The minimum absolute atomic E-state index is 0.177. The summed E-state index contributed by atoms with van der Waals surface area (Å²) in [5.74, 6) is 2.63. The van der Waals surface area contributed by atoms with Crippen molar-refractivity contribution < 1.29 is 4.73 Å². The van der Waals surface area contributed by atoms with Crippen LogP contribution in [0.2, 0.25) is 5.02 Å². The van der Waals surface area contributed by atoms with Crippen LogP contribution in [0.3, 0.4) is 0 Å². The van der Waals surface area contributed by atoms with Crippen molar-refractivity contribution in [2.45, 2.75) is 25.8 Å². The average Bonchev–Trinajstić information content (AvgIpc) is 2.80. The van der Waals surface area contributed by atoms with Crippen molar-refractivity contribution in [2.24, 2.45) is 5.73 Å². The van der Waals surface area contributed by atoms with Gasteiger partial charge in [-0.1, -0.05) is 53.0 Å². The van der Waals surface area contributed by atoms with Crippen LogP contribution < -0.4 is 15.8 Å². The van der Waals surface area contributed by atoms with Crippen molar-refractivity contribution in [1.29, 1.82) is 0 Å². The number of nitrogens with one attached hydrogen (secondary N) is 1. The fourth-order valence-corrected chi connectivity index (χ4v) is 4.99. The Kier molecular flexibility index (Phi) is 7.44. The van der Waals surface area contributed by atoms with Gasteiger partial charge in [0, 0.05) is 42.2 Å². The summed E-state index contributed by atoms with van der Waals surface area (Å²) >= 11 is 8.38. The molecule has 1 fully saturated rings. The topological polar surface area (TPSA) is 81.1 Å². The zero-order chi connectivity index (χ0) is 23.4. The van der Waals surface area contributed by atoms with E-state index < -0.39 is 5.54 Å². The third-order valence-electron chi connectivity index (χ3n) is 5.82. The summed E-state index contributed by atoms with van der Waals surface area (Å²) in [6.07, 6.45) is 2.35. The van der Waals surface area contributed by atoms with Crippen LogP contribution >= 0.6 is 23.4 Å². The van der Waals surface area contributed by atoms with Gasteiger partial charge in [0.25, 0.3) is 0 Å². The maximum Gasteiger partial charge on any atom is 0.397 e. The van der Waals surface area contributed by atoms with Crippen molar-refractivity contribution in [2.75, 3.05) is 36.5 Å². The molecule has 0 spiro atoms. The van der Waals surface area contributed by atoms with Gasteiger partial charge in [-0.05, 0) is 43.5 Å². The van der Waals surface area contributed by atoms with Crippen molar-refractivity contribution in [1.82, 2.24) is 9.88 Å². The molecule has 0 saturated carbocycles. The lowest BCUT2D eigenvalue weighted by Crippen LogP contribution is -2.34. The minimum atomic E-state index is -0.434. The first-order valence-electron chi connectivity index (χ1n) is 11.2. The summed E-state index contributed by atoms with van der Waals surface area (Å²) < 4.78 is 0.658. The van der Waals surface area contributed by atoms with E-state index in [2.05, 4.69) is 27.3 Å². The van der Waals surface area contributed by atoms with E-state index in [9.17, 15) is 5.21 Å². The number of nitrogens with two attached hydrogens (primary N) is 1. The monoisotopic (exact) mass is 483 g/mol. The van der Waals surface area contributed by atoms with Gasteiger partial charge in [0.15, 0.2) is 5.69 Å². The number of aromatic nitrogens is 2. The fraction of sp³-hybridized carbons (Fsp3) is 0.360. The van der Waals surface area contributed by atoms with Crippen LogP contribution in [-0.2, 0) is 12.0 Å².